The minimum atomic E-state index is -0.144. The number of nitrogens with one attached hydrogen (secondary N) is 1. The van der Waals surface area contributed by atoms with Crippen LogP contribution in [0.4, 0.5) is 0 Å². The molecule has 0 saturated carbocycles. The topological polar surface area (TPSA) is 29.1 Å². The first kappa shape index (κ1) is 11.4. The molecule has 0 unspecified atom stereocenters. The maximum Gasteiger partial charge on any atom is 0.243 e. The van der Waals surface area contributed by atoms with Crippen molar-refractivity contribution < 1.29 is 4.79 Å². The van der Waals surface area contributed by atoms with E-state index in [9.17, 15) is 4.79 Å². The van der Waals surface area contributed by atoms with E-state index < -0.39 is 0 Å². The third-order valence-electron chi connectivity index (χ3n) is 1.37. The van der Waals surface area contributed by atoms with Crippen molar-refractivity contribution in [2.75, 3.05) is 7.05 Å². The number of aryl methyl sites for hydroxylation is 1. The van der Waals surface area contributed by atoms with Gasteiger partial charge in [0.25, 0.3) is 0 Å². The molecule has 1 aromatic rings. The van der Waals surface area contributed by atoms with Crippen LogP contribution in [0.2, 0.25) is 0 Å². The minimum Gasteiger partial charge on any atom is -0.356 e. The number of hydrogen-bond donors (Lipinski definition) is 1. The van der Waals surface area contributed by atoms with E-state index in [2.05, 4.69) is 31.0 Å². The molecule has 1 rings (SSSR count). The summed E-state index contributed by atoms with van der Waals surface area (Å²) in [5.41, 5.74) is 1.32. The van der Waals surface area contributed by atoms with Crippen LogP contribution in [0.3, 0.4) is 0 Å². The lowest BCUT2D eigenvalue weighted by Gasteiger charge is -1.82. The van der Waals surface area contributed by atoms with Gasteiger partial charge in [-0.05, 0) is 13.0 Å². The van der Waals surface area contributed by atoms with Gasteiger partial charge in [0, 0.05) is 7.05 Å². The molecule has 1 N–H and O–H groups in total. The van der Waals surface area contributed by atoms with Gasteiger partial charge >= 0.3 is 0 Å². The fourth-order valence-electron chi connectivity index (χ4n) is 0.636. The molecule has 0 aromatic heterocycles. The third-order valence-corrected chi connectivity index (χ3v) is 1.37. The van der Waals surface area contributed by atoms with E-state index in [1.807, 2.05) is 18.2 Å². The van der Waals surface area contributed by atoms with Crippen LogP contribution in [0, 0.1) is 6.92 Å². The van der Waals surface area contributed by atoms with Gasteiger partial charge in [0.2, 0.25) is 5.91 Å². The molecule has 0 spiro atoms. The molecule has 1 amide bonds. The van der Waals surface area contributed by atoms with Crippen LogP contribution in [0.15, 0.2) is 43.0 Å². The van der Waals surface area contributed by atoms with Gasteiger partial charge in [0.15, 0.2) is 0 Å². The van der Waals surface area contributed by atoms with Gasteiger partial charge < -0.3 is 5.32 Å². The zero-order valence-electron chi connectivity index (χ0n) is 8.08. The average molecular weight is 177 g/mol. The van der Waals surface area contributed by atoms with Gasteiger partial charge in [0.05, 0.1) is 0 Å². The Labute approximate surface area is 79.3 Å². The van der Waals surface area contributed by atoms with Crippen molar-refractivity contribution in [1.29, 1.82) is 0 Å². The summed E-state index contributed by atoms with van der Waals surface area (Å²) in [7, 11) is 1.56. The quantitative estimate of drug-likeness (QED) is 0.652. The fourth-order valence-corrected chi connectivity index (χ4v) is 0.636. The van der Waals surface area contributed by atoms with Crippen molar-refractivity contribution in [1.82, 2.24) is 5.32 Å². The van der Waals surface area contributed by atoms with Crippen molar-refractivity contribution >= 4 is 5.91 Å². The number of likely N-dealkylation sites (N-methyl/N-ethyl adjacent to an activating group) is 1. The maximum atomic E-state index is 9.95. The standard InChI is InChI=1S/C7H8.C4H7NO/c1-7-5-3-2-4-6-7;1-3-4(6)5-2/h2-6H,1H3;3H,1H2,2H3,(H,5,6). The van der Waals surface area contributed by atoms with Crippen LogP contribution in [-0.2, 0) is 4.79 Å². The number of rotatable bonds is 1. The molecule has 0 aliphatic carbocycles. The van der Waals surface area contributed by atoms with E-state index in [1.165, 1.54) is 11.6 Å². The highest BCUT2D eigenvalue weighted by Crippen LogP contribution is 1.92. The van der Waals surface area contributed by atoms with Gasteiger partial charge in [-0.15, -0.1) is 0 Å². The second-order valence-corrected chi connectivity index (χ2v) is 2.47. The highest BCUT2D eigenvalue weighted by atomic mass is 16.1. The molecule has 13 heavy (non-hydrogen) atoms. The van der Waals surface area contributed by atoms with Gasteiger partial charge in [-0.1, -0.05) is 42.5 Å². The zero-order chi connectivity index (χ0) is 10.1. The Morgan fingerprint density at radius 3 is 2.08 bits per heavy atom. The third kappa shape index (κ3) is 6.81. The fraction of sp³-hybridized carbons (Fsp3) is 0.182. The Hall–Kier alpha value is -1.57. The lowest BCUT2D eigenvalue weighted by molar-refractivity contribution is -0.116. The molecule has 0 aliphatic heterocycles. The molecule has 70 valence electrons. The summed E-state index contributed by atoms with van der Waals surface area (Å²) in [6, 6.07) is 10.3. The molecule has 0 atom stereocenters. The molecule has 0 saturated heterocycles. The van der Waals surface area contributed by atoms with E-state index in [0.29, 0.717) is 0 Å². The summed E-state index contributed by atoms with van der Waals surface area (Å²) in [5, 5.41) is 2.36. The Bertz CT molecular complexity index is 254. The molecule has 2 heteroatoms. The van der Waals surface area contributed by atoms with Crippen LogP contribution in [0.25, 0.3) is 0 Å². The van der Waals surface area contributed by atoms with Crippen LogP contribution >= 0.6 is 0 Å². The van der Waals surface area contributed by atoms with Crippen molar-refractivity contribution in [3.05, 3.63) is 48.6 Å². The minimum absolute atomic E-state index is 0.144. The van der Waals surface area contributed by atoms with Crippen LogP contribution in [0.5, 0.6) is 0 Å². The molecule has 0 heterocycles. The number of carbonyl (C=O) groups is 1. The molecule has 0 aliphatic rings. The van der Waals surface area contributed by atoms with Crippen LogP contribution in [-0.4, -0.2) is 13.0 Å². The monoisotopic (exact) mass is 177 g/mol. The lowest BCUT2D eigenvalue weighted by Crippen LogP contribution is -2.13. The smallest absolute Gasteiger partial charge is 0.243 e. The van der Waals surface area contributed by atoms with Gasteiger partial charge in [0.1, 0.15) is 0 Å². The second-order valence-electron chi connectivity index (χ2n) is 2.47. The van der Waals surface area contributed by atoms with Gasteiger partial charge in [-0.3, -0.25) is 4.79 Å². The predicted molar refractivity (Wildman–Crippen MR) is 55.4 cm³/mol. The summed E-state index contributed by atoms with van der Waals surface area (Å²) in [6.07, 6.45) is 1.22. The molecular formula is C11H15NO. The van der Waals surface area contributed by atoms with E-state index in [0.717, 1.165) is 0 Å². The number of amides is 1. The van der Waals surface area contributed by atoms with Gasteiger partial charge in [-0.2, -0.15) is 0 Å². The summed E-state index contributed by atoms with van der Waals surface area (Å²) in [4.78, 5) is 9.95. The highest BCUT2D eigenvalue weighted by molar-refractivity contribution is 5.86. The Kier molecular flexibility index (Phi) is 6.24. The Morgan fingerprint density at radius 2 is 1.92 bits per heavy atom. The van der Waals surface area contributed by atoms with Crippen LogP contribution in [0.1, 0.15) is 5.56 Å². The average Bonchev–Trinajstić information content (AvgIpc) is 2.19. The van der Waals surface area contributed by atoms with Crippen molar-refractivity contribution in [3.8, 4) is 0 Å². The van der Waals surface area contributed by atoms with Gasteiger partial charge in [-0.25, -0.2) is 0 Å². The Morgan fingerprint density at radius 1 is 1.38 bits per heavy atom. The largest absolute Gasteiger partial charge is 0.356 e. The van der Waals surface area contributed by atoms with Crippen LogP contribution < -0.4 is 5.32 Å². The summed E-state index contributed by atoms with van der Waals surface area (Å²) >= 11 is 0. The number of benzene rings is 1. The predicted octanol–water partition coefficient (Wildman–Crippen LogP) is 1.91. The second kappa shape index (κ2) is 7.10. The number of hydrogen-bond acceptors (Lipinski definition) is 1. The highest BCUT2D eigenvalue weighted by Gasteiger charge is 1.78. The van der Waals surface area contributed by atoms with Crippen molar-refractivity contribution in [3.63, 3.8) is 0 Å². The van der Waals surface area contributed by atoms with E-state index in [4.69, 9.17) is 0 Å². The molecule has 0 fully saturated rings. The Balaban J connectivity index is 0.000000226. The summed E-state index contributed by atoms with van der Waals surface area (Å²) in [5.74, 6) is -0.144. The lowest BCUT2D eigenvalue weighted by atomic mass is 10.2. The van der Waals surface area contributed by atoms with E-state index in [-0.39, 0.29) is 5.91 Å². The van der Waals surface area contributed by atoms with Crippen molar-refractivity contribution in [2.45, 2.75) is 6.92 Å². The molecule has 0 bridgehead atoms. The normalized spacial score (nSPS) is 7.85. The number of carbonyl (C=O) groups excluding carboxylic acids is 1. The zero-order valence-corrected chi connectivity index (χ0v) is 8.08. The SMILES string of the molecule is C=CC(=O)NC.Cc1ccccc1. The first-order valence-corrected chi connectivity index (χ1v) is 4.06. The summed E-state index contributed by atoms with van der Waals surface area (Å²) < 4.78 is 0. The first-order chi connectivity index (χ1) is 6.20. The maximum absolute atomic E-state index is 9.95. The molecular weight excluding hydrogens is 162 g/mol. The first-order valence-electron chi connectivity index (χ1n) is 4.06. The van der Waals surface area contributed by atoms with Crippen molar-refractivity contribution in [2.24, 2.45) is 0 Å². The van der Waals surface area contributed by atoms with E-state index in [1.54, 1.807) is 7.05 Å². The summed E-state index contributed by atoms with van der Waals surface area (Å²) in [6.45, 7) is 5.30. The molecule has 2 nitrogen and oxygen atoms in total. The molecule has 1 aromatic carbocycles. The molecule has 0 radical (unpaired) electrons. The van der Waals surface area contributed by atoms with E-state index >= 15 is 0 Å².